The fourth-order valence-corrected chi connectivity index (χ4v) is 5.36. The van der Waals surface area contributed by atoms with Gasteiger partial charge in [-0.2, -0.15) is 0 Å². The second-order valence-electron chi connectivity index (χ2n) is 7.36. The van der Waals surface area contributed by atoms with E-state index in [9.17, 15) is 15.0 Å². The zero-order valence-corrected chi connectivity index (χ0v) is 12.4. The molecule has 3 aliphatic rings. The van der Waals surface area contributed by atoms with Gasteiger partial charge < -0.3 is 10.2 Å². The molecule has 3 aliphatic carbocycles. The lowest BCUT2D eigenvalue weighted by molar-refractivity contribution is -0.131. The molecule has 1 aromatic rings. The Balaban J connectivity index is 1.77. The van der Waals surface area contributed by atoms with E-state index >= 15 is 0 Å². The summed E-state index contributed by atoms with van der Waals surface area (Å²) in [6.45, 7) is 2.11. The predicted molar refractivity (Wildman–Crippen MR) is 79.1 cm³/mol. The van der Waals surface area contributed by atoms with Crippen molar-refractivity contribution in [2.75, 3.05) is 0 Å². The highest BCUT2D eigenvalue weighted by Gasteiger charge is 2.56. The smallest absolute Gasteiger partial charge is 0.139 e. The molecule has 0 heterocycles. The highest BCUT2D eigenvalue weighted by Crippen LogP contribution is 2.59. The highest BCUT2D eigenvalue weighted by atomic mass is 16.3. The zero-order chi connectivity index (χ0) is 14.8. The lowest BCUT2D eigenvalue weighted by atomic mass is 9.55. The molecular weight excluding hydrogens is 264 g/mol. The number of aromatic hydroxyl groups is 1. The Morgan fingerprint density at radius 2 is 2.10 bits per heavy atom. The Morgan fingerprint density at radius 1 is 1.29 bits per heavy atom. The molecule has 0 amide bonds. The Bertz CT molecular complexity index is 608. The van der Waals surface area contributed by atoms with Gasteiger partial charge in [0.05, 0.1) is 6.10 Å². The lowest BCUT2D eigenvalue weighted by Crippen LogP contribution is -2.48. The van der Waals surface area contributed by atoms with Crippen LogP contribution in [0.5, 0.6) is 5.75 Å². The van der Waals surface area contributed by atoms with E-state index < -0.39 is 0 Å². The van der Waals surface area contributed by atoms with Crippen molar-refractivity contribution in [1.29, 1.82) is 0 Å². The third-order valence-electron chi connectivity index (χ3n) is 6.44. The first-order valence-corrected chi connectivity index (χ1v) is 8.04. The molecule has 0 radical (unpaired) electrons. The summed E-state index contributed by atoms with van der Waals surface area (Å²) in [5.41, 5.74) is 2.15. The van der Waals surface area contributed by atoms with Crippen LogP contribution in [0, 0.1) is 17.3 Å². The molecule has 3 heteroatoms. The van der Waals surface area contributed by atoms with Gasteiger partial charge in [-0.3, -0.25) is 4.79 Å². The predicted octanol–water partition coefficient (Wildman–Crippen LogP) is 2.79. The molecule has 112 valence electrons. The van der Waals surface area contributed by atoms with Gasteiger partial charge >= 0.3 is 0 Å². The summed E-state index contributed by atoms with van der Waals surface area (Å²) in [5.74, 6) is 1.53. The third kappa shape index (κ3) is 1.73. The van der Waals surface area contributed by atoms with Gasteiger partial charge in [-0.05, 0) is 66.7 Å². The first-order valence-electron chi connectivity index (χ1n) is 8.04. The summed E-state index contributed by atoms with van der Waals surface area (Å²) in [4.78, 5) is 12.3. The summed E-state index contributed by atoms with van der Waals surface area (Å²) >= 11 is 0. The number of fused-ring (bicyclic) bond motifs is 5. The van der Waals surface area contributed by atoms with Crippen LogP contribution in [0.2, 0.25) is 0 Å². The van der Waals surface area contributed by atoms with Crippen molar-refractivity contribution in [2.24, 2.45) is 17.3 Å². The number of Topliss-reactive ketones (excluding diaryl/α,β-unsaturated/α-hetero) is 1. The number of carbonyl (C=O) groups is 1. The van der Waals surface area contributed by atoms with Crippen molar-refractivity contribution in [2.45, 2.75) is 51.0 Å². The molecule has 4 rings (SSSR count). The SMILES string of the molecule is C[C@]12CC[C@@H]3c4ccc(O)cc4C[C@@H](O)C3[C@@H]1CCC2=O. The number of ketones is 1. The van der Waals surface area contributed by atoms with Gasteiger partial charge in [0.15, 0.2) is 0 Å². The average Bonchev–Trinajstić information content (AvgIpc) is 2.74. The molecule has 0 saturated heterocycles. The van der Waals surface area contributed by atoms with Crippen molar-refractivity contribution in [3.8, 4) is 5.75 Å². The minimum Gasteiger partial charge on any atom is -0.508 e. The molecule has 1 unspecified atom stereocenters. The average molecular weight is 286 g/mol. The molecule has 2 saturated carbocycles. The third-order valence-corrected chi connectivity index (χ3v) is 6.44. The molecule has 2 fully saturated rings. The normalized spacial score (nSPS) is 41.3. The second kappa shape index (κ2) is 4.33. The number of carbonyl (C=O) groups excluding carboxylic acids is 1. The van der Waals surface area contributed by atoms with Crippen LogP contribution < -0.4 is 0 Å². The maximum absolute atomic E-state index is 12.3. The first-order chi connectivity index (χ1) is 10.0. The molecule has 1 aromatic carbocycles. The molecular formula is C18H22O3. The molecule has 0 spiro atoms. The van der Waals surface area contributed by atoms with E-state index in [0.29, 0.717) is 30.5 Å². The largest absolute Gasteiger partial charge is 0.508 e. The summed E-state index contributed by atoms with van der Waals surface area (Å²) < 4.78 is 0. The number of aliphatic hydroxyl groups is 1. The van der Waals surface area contributed by atoms with Gasteiger partial charge in [0.1, 0.15) is 11.5 Å². The van der Waals surface area contributed by atoms with Gasteiger partial charge in [-0.15, -0.1) is 0 Å². The van der Waals surface area contributed by atoms with Crippen molar-refractivity contribution >= 4 is 5.78 Å². The van der Waals surface area contributed by atoms with Gasteiger partial charge in [-0.25, -0.2) is 0 Å². The number of hydrogen-bond donors (Lipinski definition) is 2. The van der Waals surface area contributed by atoms with Gasteiger partial charge in [0, 0.05) is 11.8 Å². The van der Waals surface area contributed by atoms with Crippen LogP contribution in [0.1, 0.15) is 49.7 Å². The van der Waals surface area contributed by atoms with Crippen molar-refractivity contribution in [1.82, 2.24) is 0 Å². The van der Waals surface area contributed by atoms with Crippen molar-refractivity contribution < 1.29 is 15.0 Å². The van der Waals surface area contributed by atoms with Crippen LogP contribution in [0.4, 0.5) is 0 Å². The van der Waals surface area contributed by atoms with E-state index in [1.165, 1.54) is 5.56 Å². The van der Waals surface area contributed by atoms with Gasteiger partial charge in [0.2, 0.25) is 0 Å². The molecule has 21 heavy (non-hydrogen) atoms. The Kier molecular flexibility index (Phi) is 2.74. The molecule has 0 aliphatic heterocycles. The van der Waals surface area contributed by atoms with Crippen LogP contribution in [-0.4, -0.2) is 22.1 Å². The first kappa shape index (κ1) is 13.3. The number of rotatable bonds is 0. The topological polar surface area (TPSA) is 57.5 Å². The molecule has 2 N–H and O–H groups in total. The number of benzene rings is 1. The van der Waals surface area contributed by atoms with Crippen molar-refractivity contribution in [3.05, 3.63) is 29.3 Å². The minimum absolute atomic E-state index is 0.201. The standard InChI is InChI=1S/C18H22O3/c1-18-7-6-13-12-3-2-11(19)8-10(12)9-15(20)17(13)14(18)4-5-16(18)21/h2-3,8,13-15,17,19-20H,4-7,9H2,1H3/t13-,14+,15-,17?,18+/m1/s1. The molecule has 0 aromatic heterocycles. The molecule has 0 bridgehead atoms. The van der Waals surface area contributed by atoms with Crippen LogP contribution >= 0.6 is 0 Å². The van der Waals surface area contributed by atoms with E-state index in [0.717, 1.165) is 24.8 Å². The van der Waals surface area contributed by atoms with E-state index in [-0.39, 0.29) is 23.2 Å². The zero-order valence-electron chi connectivity index (χ0n) is 12.4. The van der Waals surface area contributed by atoms with E-state index in [1.807, 2.05) is 6.07 Å². The van der Waals surface area contributed by atoms with E-state index in [4.69, 9.17) is 0 Å². The number of aliphatic hydroxyl groups excluding tert-OH is 1. The van der Waals surface area contributed by atoms with E-state index in [2.05, 4.69) is 6.92 Å². The number of hydrogen-bond acceptors (Lipinski definition) is 3. The second-order valence-corrected chi connectivity index (χ2v) is 7.36. The number of phenolic OH excluding ortho intramolecular Hbond substituents is 1. The van der Waals surface area contributed by atoms with Crippen LogP contribution in [0.15, 0.2) is 18.2 Å². The van der Waals surface area contributed by atoms with Crippen molar-refractivity contribution in [3.63, 3.8) is 0 Å². The summed E-state index contributed by atoms with van der Waals surface area (Å²) in [5, 5.41) is 20.4. The maximum atomic E-state index is 12.3. The van der Waals surface area contributed by atoms with E-state index in [1.54, 1.807) is 12.1 Å². The fourth-order valence-electron chi connectivity index (χ4n) is 5.36. The maximum Gasteiger partial charge on any atom is 0.139 e. The quantitative estimate of drug-likeness (QED) is 0.771. The molecule has 5 atom stereocenters. The minimum atomic E-state index is -0.389. The Hall–Kier alpha value is -1.35. The van der Waals surface area contributed by atoms with Crippen LogP contribution in [-0.2, 0) is 11.2 Å². The Morgan fingerprint density at radius 3 is 2.90 bits per heavy atom. The summed E-state index contributed by atoms with van der Waals surface area (Å²) in [6.07, 6.45) is 3.73. The Labute approximate surface area is 125 Å². The summed E-state index contributed by atoms with van der Waals surface area (Å²) in [6, 6.07) is 5.57. The lowest BCUT2D eigenvalue weighted by Gasteiger charge is -2.50. The fraction of sp³-hybridized carbons (Fsp3) is 0.611. The van der Waals surface area contributed by atoms with Gasteiger partial charge in [0.25, 0.3) is 0 Å². The number of phenols is 1. The monoisotopic (exact) mass is 286 g/mol. The van der Waals surface area contributed by atoms with Crippen LogP contribution in [0.25, 0.3) is 0 Å². The van der Waals surface area contributed by atoms with Gasteiger partial charge in [-0.1, -0.05) is 13.0 Å². The molecule has 3 nitrogen and oxygen atoms in total. The van der Waals surface area contributed by atoms with Crippen LogP contribution in [0.3, 0.4) is 0 Å². The summed E-state index contributed by atoms with van der Waals surface area (Å²) in [7, 11) is 0. The highest BCUT2D eigenvalue weighted by molar-refractivity contribution is 5.87.